The van der Waals surface area contributed by atoms with Crippen molar-refractivity contribution in [1.82, 2.24) is 9.47 Å². The molecule has 3 aromatic rings. The predicted molar refractivity (Wildman–Crippen MR) is 139 cm³/mol. The molecule has 0 unspecified atom stereocenters. The van der Waals surface area contributed by atoms with Crippen LogP contribution in [-0.4, -0.2) is 64.7 Å². The highest BCUT2D eigenvalue weighted by Gasteiger charge is 2.38. The van der Waals surface area contributed by atoms with Crippen molar-refractivity contribution in [2.45, 2.75) is 25.1 Å². The van der Waals surface area contributed by atoms with Crippen LogP contribution < -0.4 is 15.6 Å². The molecule has 2 aromatic carbocycles. The van der Waals surface area contributed by atoms with Crippen molar-refractivity contribution >= 4 is 33.9 Å². The van der Waals surface area contributed by atoms with Crippen LogP contribution in [0.1, 0.15) is 34.8 Å². The van der Waals surface area contributed by atoms with E-state index in [4.69, 9.17) is 0 Å². The number of carboxylic acid groups (broad SMARTS) is 1. The number of hydrogen-bond donors (Lipinski definition) is 2. The van der Waals surface area contributed by atoms with Crippen LogP contribution in [0.3, 0.4) is 0 Å². The number of nitro groups is 1. The minimum atomic E-state index is -4.86. The number of nitrogens with zero attached hydrogens (tertiary/aromatic N) is 4. The van der Waals surface area contributed by atoms with E-state index in [0.717, 1.165) is 31.0 Å². The number of aromatic carboxylic acids is 1. The lowest BCUT2D eigenvalue weighted by Gasteiger charge is -2.36. The van der Waals surface area contributed by atoms with Crippen LogP contribution in [0.15, 0.2) is 41.3 Å². The molecule has 2 heterocycles. The fourth-order valence-corrected chi connectivity index (χ4v) is 5.01. The summed E-state index contributed by atoms with van der Waals surface area (Å²) in [4.78, 5) is 38.0. The van der Waals surface area contributed by atoms with Crippen molar-refractivity contribution in [2.24, 2.45) is 0 Å². The first-order valence-electron chi connectivity index (χ1n) is 12.6. The minimum Gasteiger partial charge on any atom is -0.477 e. The average molecular weight is 564 g/mol. The van der Waals surface area contributed by atoms with E-state index < -0.39 is 45.1 Å². The smallest absolute Gasteiger partial charge is 0.423 e. The van der Waals surface area contributed by atoms with Gasteiger partial charge in [0.15, 0.2) is 0 Å². The number of rotatable bonds is 8. The molecule has 14 heteroatoms. The fourth-order valence-electron chi connectivity index (χ4n) is 5.01. The molecule has 1 aromatic heterocycles. The number of anilines is 2. The van der Waals surface area contributed by atoms with E-state index >= 15 is 4.39 Å². The van der Waals surface area contributed by atoms with Crippen molar-refractivity contribution in [2.75, 3.05) is 49.5 Å². The van der Waals surface area contributed by atoms with Gasteiger partial charge in [-0.15, -0.1) is 0 Å². The molecule has 1 saturated heterocycles. The highest BCUT2D eigenvalue weighted by atomic mass is 19.4. The maximum Gasteiger partial charge on any atom is 0.423 e. The van der Waals surface area contributed by atoms with Crippen LogP contribution in [0.25, 0.3) is 10.9 Å². The lowest BCUT2D eigenvalue weighted by molar-refractivity contribution is -0.388. The number of piperazine rings is 1. The van der Waals surface area contributed by atoms with Crippen LogP contribution in [0, 0.1) is 15.9 Å². The third kappa shape index (κ3) is 5.43. The Bertz CT molecular complexity index is 1550. The van der Waals surface area contributed by atoms with Gasteiger partial charge in [-0.25, -0.2) is 9.18 Å². The Balaban J connectivity index is 1.25. The zero-order valence-corrected chi connectivity index (χ0v) is 21.1. The molecule has 212 valence electrons. The number of pyridine rings is 1. The number of benzene rings is 2. The van der Waals surface area contributed by atoms with Gasteiger partial charge in [0.25, 0.3) is 5.69 Å². The molecule has 1 aliphatic heterocycles. The number of fused-ring (bicyclic) bond motifs is 1. The van der Waals surface area contributed by atoms with Gasteiger partial charge >= 0.3 is 12.1 Å². The molecule has 2 aliphatic rings. The second-order valence-corrected chi connectivity index (χ2v) is 9.88. The van der Waals surface area contributed by atoms with E-state index in [2.05, 4.69) is 10.2 Å². The highest BCUT2D eigenvalue weighted by Crippen LogP contribution is 2.39. The van der Waals surface area contributed by atoms with E-state index in [-0.39, 0.29) is 17.1 Å². The third-order valence-corrected chi connectivity index (χ3v) is 7.24. The Kier molecular flexibility index (Phi) is 7.12. The molecule has 5 rings (SSSR count). The van der Waals surface area contributed by atoms with E-state index in [0.29, 0.717) is 50.5 Å². The van der Waals surface area contributed by atoms with E-state index in [9.17, 15) is 38.0 Å². The first-order valence-corrected chi connectivity index (χ1v) is 12.6. The number of halogens is 4. The Morgan fingerprint density at radius 3 is 2.42 bits per heavy atom. The summed E-state index contributed by atoms with van der Waals surface area (Å²) < 4.78 is 56.6. The lowest BCUT2D eigenvalue weighted by atomic mass is 10.1. The first-order chi connectivity index (χ1) is 18.9. The van der Waals surface area contributed by atoms with Crippen molar-refractivity contribution in [3.05, 3.63) is 73.8 Å². The summed E-state index contributed by atoms with van der Waals surface area (Å²) in [5.41, 5.74) is -2.53. The number of carbonyl (C=O) groups is 1. The molecule has 1 saturated carbocycles. The van der Waals surface area contributed by atoms with Gasteiger partial charge < -0.3 is 19.9 Å². The molecule has 0 spiro atoms. The molecule has 1 aliphatic carbocycles. The molecule has 2 N–H and O–H groups in total. The fraction of sp³-hybridized carbons (Fsp3) is 0.385. The molecule has 2 fully saturated rings. The quantitative estimate of drug-likeness (QED) is 0.236. The van der Waals surface area contributed by atoms with Crippen molar-refractivity contribution in [3.63, 3.8) is 0 Å². The molecule has 0 radical (unpaired) electrons. The number of carboxylic acids is 1. The summed E-state index contributed by atoms with van der Waals surface area (Å²) in [6.07, 6.45) is -1.85. The molecule has 0 atom stereocenters. The Hall–Kier alpha value is -4.20. The zero-order valence-electron chi connectivity index (χ0n) is 21.1. The number of hydrogen-bond acceptors (Lipinski definition) is 7. The van der Waals surface area contributed by atoms with Crippen LogP contribution in [0.2, 0.25) is 0 Å². The van der Waals surface area contributed by atoms with Crippen LogP contribution >= 0.6 is 0 Å². The second-order valence-electron chi connectivity index (χ2n) is 9.88. The van der Waals surface area contributed by atoms with Crippen LogP contribution in [0.4, 0.5) is 34.6 Å². The van der Waals surface area contributed by atoms with Gasteiger partial charge in [0.2, 0.25) is 5.43 Å². The van der Waals surface area contributed by atoms with Gasteiger partial charge in [-0.3, -0.25) is 19.8 Å². The highest BCUT2D eigenvalue weighted by molar-refractivity contribution is 5.93. The molecular formula is C26H25F4N5O5. The Labute approximate surface area is 224 Å². The summed E-state index contributed by atoms with van der Waals surface area (Å²) in [5.74, 6) is -1.98. The van der Waals surface area contributed by atoms with E-state index in [1.54, 1.807) is 10.6 Å². The summed E-state index contributed by atoms with van der Waals surface area (Å²) >= 11 is 0. The Morgan fingerprint density at radius 2 is 1.82 bits per heavy atom. The maximum atomic E-state index is 15.2. The number of alkyl halides is 3. The molecule has 0 bridgehead atoms. The summed E-state index contributed by atoms with van der Waals surface area (Å²) in [6, 6.07) is 5.54. The van der Waals surface area contributed by atoms with Crippen molar-refractivity contribution in [1.29, 1.82) is 0 Å². The predicted octanol–water partition coefficient (Wildman–Crippen LogP) is 4.33. The SMILES string of the molecule is O=C(O)c1cn(C2CC2)c2cc(N3CCN(CCNc4ccc([N+](=O)[O-])c(C(F)(F)F)c4)CC3)c(F)cc2c1=O. The monoisotopic (exact) mass is 563 g/mol. The first kappa shape index (κ1) is 27.4. The normalized spacial score (nSPS) is 16.4. The van der Waals surface area contributed by atoms with E-state index in [1.165, 1.54) is 12.3 Å². The van der Waals surface area contributed by atoms with Crippen molar-refractivity contribution in [3.8, 4) is 0 Å². The van der Waals surface area contributed by atoms with Gasteiger partial charge in [-0.1, -0.05) is 0 Å². The van der Waals surface area contributed by atoms with Gasteiger partial charge in [-0.2, -0.15) is 13.2 Å². The van der Waals surface area contributed by atoms with Crippen LogP contribution in [0.5, 0.6) is 0 Å². The average Bonchev–Trinajstić information content (AvgIpc) is 3.74. The molecular weight excluding hydrogens is 538 g/mol. The van der Waals surface area contributed by atoms with Gasteiger partial charge in [0.1, 0.15) is 16.9 Å². The second kappa shape index (κ2) is 10.4. The minimum absolute atomic E-state index is 0.0256. The van der Waals surface area contributed by atoms with E-state index in [1.807, 2.05) is 4.90 Å². The molecule has 0 amide bonds. The van der Waals surface area contributed by atoms with Crippen LogP contribution in [-0.2, 0) is 6.18 Å². The summed E-state index contributed by atoms with van der Waals surface area (Å²) in [5, 5.41) is 23.2. The number of nitrogens with one attached hydrogen (secondary N) is 1. The van der Waals surface area contributed by atoms with Gasteiger partial charge in [0, 0.05) is 68.6 Å². The topological polar surface area (TPSA) is 121 Å². The third-order valence-electron chi connectivity index (χ3n) is 7.24. The summed E-state index contributed by atoms with van der Waals surface area (Å²) in [6.45, 7) is 2.77. The largest absolute Gasteiger partial charge is 0.477 e. The number of nitro benzene ring substituents is 1. The van der Waals surface area contributed by atoms with Gasteiger partial charge in [-0.05, 0) is 37.1 Å². The Morgan fingerprint density at radius 1 is 1.12 bits per heavy atom. The number of aromatic nitrogens is 1. The lowest BCUT2D eigenvalue weighted by Crippen LogP contribution is -2.48. The standard InChI is InChI=1S/C26H25F4N5O5/c27-20-12-17-22(34(16-2-3-16)14-18(24(17)36)25(37)38)13-23(20)33-9-7-32(8-10-33)6-5-31-15-1-4-21(35(39)40)19(11-15)26(28,29)30/h1,4,11-14,16,31H,2-3,5-10H2,(H,37,38). The van der Waals surface area contributed by atoms with Gasteiger partial charge in [0.05, 0.1) is 16.1 Å². The summed E-state index contributed by atoms with van der Waals surface area (Å²) in [7, 11) is 0. The maximum absolute atomic E-state index is 15.2. The molecule has 10 nitrogen and oxygen atoms in total. The molecule has 40 heavy (non-hydrogen) atoms. The van der Waals surface area contributed by atoms with Crippen molar-refractivity contribution < 1.29 is 32.4 Å². The zero-order chi connectivity index (χ0) is 28.8.